The molecule has 0 saturated carbocycles. The van der Waals surface area contributed by atoms with Crippen molar-refractivity contribution in [1.29, 1.82) is 0 Å². The van der Waals surface area contributed by atoms with E-state index < -0.39 is 0 Å². The molecule has 0 aromatic heterocycles. The maximum Gasteiger partial charge on any atom is 0.123 e. The van der Waals surface area contributed by atoms with Gasteiger partial charge in [0.15, 0.2) is 0 Å². The summed E-state index contributed by atoms with van der Waals surface area (Å²) in [5.74, 6) is 1.60. The van der Waals surface area contributed by atoms with Crippen molar-refractivity contribution in [2.75, 3.05) is 13.7 Å². The van der Waals surface area contributed by atoms with Crippen LogP contribution in [0.4, 0.5) is 0 Å². The highest BCUT2D eigenvalue weighted by Gasteiger charge is 2.03. The lowest BCUT2D eigenvalue weighted by Gasteiger charge is -2.10. The van der Waals surface area contributed by atoms with E-state index in [0.29, 0.717) is 13.2 Å². The SMILES string of the molecule is COc1cc(COCCCC(C)C)ccc1CN. The topological polar surface area (TPSA) is 44.5 Å². The first-order valence-electron chi connectivity index (χ1n) is 6.61. The van der Waals surface area contributed by atoms with Gasteiger partial charge in [-0.05, 0) is 30.4 Å². The predicted molar refractivity (Wildman–Crippen MR) is 74.6 cm³/mol. The van der Waals surface area contributed by atoms with E-state index in [2.05, 4.69) is 13.8 Å². The number of rotatable bonds is 8. The highest BCUT2D eigenvalue weighted by atomic mass is 16.5. The molecule has 0 aliphatic heterocycles. The fourth-order valence-electron chi connectivity index (χ4n) is 1.83. The Morgan fingerprint density at radius 3 is 2.67 bits per heavy atom. The smallest absolute Gasteiger partial charge is 0.123 e. The Bertz CT molecular complexity index is 350. The fraction of sp³-hybridized carbons (Fsp3) is 0.600. The maximum atomic E-state index is 5.66. The van der Waals surface area contributed by atoms with Gasteiger partial charge in [0.25, 0.3) is 0 Å². The number of hydrogen-bond donors (Lipinski definition) is 1. The molecule has 102 valence electrons. The Hall–Kier alpha value is -1.06. The van der Waals surface area contributed by atoms with E-state index in [9.17, 15) is 0 Å². The Labute approximate surface area is 110 Å². The largest absolute Gasteiger partial charge is 0.496 e. The van der Waals surface area contributed by atoms with Gasteiger partial charge in [0.1, 0.15) is 5.75 Å². The highest BCUT2D eigenvalue weighted by molar-refractivity contribution is 5.37. The molecule has 0 unspecified atom stereocenters. The first-order chi connectivity index (χ1) is 8.67. The molecular formula is C15H25NO2. The molecule has 0 atom stereocenters. The highest BCUT2D eigenvalue weighted by Crippen LogP contribution is 2.20. The van der Waals surface area contributed by atoms with E-state index in [0.717, 1.165) is 35.8 Å². The molecule has 0 aliphatic rings. The first kappa shape index (κ1) is 15.0. The quantitative estimate of drug-likeness (QED) is 0.722. The molecule has 0 fully saturated rings. The Kier molecular flexibility index (Phi) is 6.76. The number of ether oxygens (including phenoxy) is 2. The maximum absolute atomic E-state index is 5.66. The molecule has 1 aromatic carbocycles. The molecule has 3 nitrogen and oxygen atoms in total. The molecule has 3 heteroatoms. The van der Waals surface area contributed by atoms with Crippen LogP contribution >= 0.6 is 0 Å². The van der Waals surface area contributed by atoms with Crippen molar-refractivity contribution in [2.45, 2.75) is 39.8 Å². The zero-order chi connectivity index (χ0) is 13.4. The monoisotopic (exact) mass is 251 g/mol. The molecule has 0 aliphatic carbocycles. The third kappa shape index (κ3) is 5.07. The van der Waals surface area contributed by atoms with Gasteiger partial charge < -0.3 is 15.2 Å². The minimum atomic E-state index is 0.499. The van der Waals surface area contributed by atoms with Gasteiger partial charge >= 0.3 is 0 Å². The normalized spacial score (nSPS) is 10.9. The van der Waals surface area contributed by atoms with Crippen LogP contribution in [0, 0.1) is 5.92 Å². The predicted octanol–water partition coefficient (Wildman–Crippen LogP) is 3.11. The van der Waals surface area contributed by atoms with Gasteiger partial charge in [-0.15, -0.1) is 0 Å². The summed E-state index contributed by atoms with van der Waals surface area (Å²) in [4.78, 5) is 0. The summed E-state index contributed by atoms with van der Waals surface area (Å²) < 4.78 is 11.0. The Morgan fingerprint density at radius 1 is 1.28 bits per heavy atom. The molecule has 0 saturated heterocycles. The molecule has 0 spiro atoms. The van der Waals surface area contributed by atoms with Crippen LogP contribution in [0.1, 0.15) is 37.8 Å². The van der Waals surface area contributed by atoms with Crippen LogP contribution in [0.15, 0.2) is 18.2 Å². The summed E-state index contributed by atoms with van der Waals surface area (Å²) in [7, 11) is 1.67. The molecule has 18 heavy (non-hydrogen) atoms. The Balaban J connectivity index is 2.38. The third-order valence-corrected chi connectivity index (χ3v) is 2.91. The number of nitrogens with two attached hydrogens (primary N) is 1. The van der Waals surface area contributed by atoms with Gasteiger partial charge in [-0.25, -0.2) is 0 Å². The fourth-order valence-corrected chi connectivity index (χ4v) is 1.83. The zero-order valence-corrected chi connectivity index (χ0v) is 11.7. The standard InChI is InChI=1S/C15H25NO2/c1-12(2)5-4-8-18-11-13-6-7-14(10-16)15(9-13)17-3/h6-7,9,12H,4-5,8,10-11,16H2,1-3H3. The van der Waals surface area contributed by atoms with Crippen LogP contribution in [0.5, 0.6) is 5.75 Å². The van der Waals surface area contributed by atoms with Crippen LogP contribution in [0.2, 0.25) is 0 Å². The summed E-state index contributed by atoms with van der Waals surface area (Å²) in [6, 6.07) is 6.06. The van der Waals surface area contributed by atoms with E-state index in [1.165, 1.54) is 6.42 Å². The van der Waals surface area contributed by atoms with Gasteiger partial charge in [-0.1, -0.05) is 26.0 Å². The summed E-state index contributed by atoms with van der Waals surface area (Å²) >= 11 is 0. The molecular weight excluding hydrogens is 226 g/mol. The van der Waals surface area contributed by atoms with E-state index >= 15 is 0 Å². The van der Waals surface area contributed by atoms with E-state index in [1.54, 1.807) is 7.11 Å². The summed E-state index contributed by atoms with van der Waals surface area (Å²) in [6.45, 7) is 6.42. The molecule has 1 aromatic rings. The van der Waals surface area contributed by atoms with Gasteiger partial charge in [-0.3, -0.25) is 0 Å². The summed E-state index contributed by atoms with van der Waals surface area (Å²) in [5.41, 5.74) is 7.79. The second-order valence-corrected chi connectivity index (χ2v) is 4.94. The van der Waals surface area contributed by atoms with E-state index in [-0.39, 0.29) is 0 Å². The van der Waals surface area contributed by atoms with Crippen molar-refractivity contribution in [1.82, 2.24) is 0 Å². The summed E-state index contributed by atoms with van der Waals surface area (Å²) in [5, 5.41) is 0. The van der Waals surface area contributed by atoms with E-state index in [4.69, 9.17) is 15.2 Å². The number of benzene rings is 1. The van der Waals surface area contributed by atoms with Crippen LogP contribution in [-0.2, 0) is 17.9 Å². The van der Waals surface area contributed by atoms with Crippen LogP contribution < -0.4 is 10.5 Å². The molecule has 0 amide bonds. The lowest BCUT2D eigenvalue weighted by atomic mass is 10.1. The van der Waals surface area contributed by atoms with Crippen molar-refractivity contribution in [3.05, 3.63) is 29.3 Å². The molecule has 0 bridgehead atoms. The van der Waals surface area contributed by atoms with E-state index in [1.807, 2.05) is 18.2 Å². The molecule has 1 rings (SSSR count). The van der Waals surface area contributed by atoms with Crippen molar-refractivity contribution in [3.8, 4) is 5.75 Å². The first-order valence-corrected chi connectivity index (χ1v) is 6.61. The molecule has 0 heterocycles. The lowest BCUT2D eigenvalue weighted by Crippen LogP contribution is -2.02. The summed E-state index contributed by atoms with van der Waals surface area (Å²) in [6.07, 6.45) is 2.34. The third-order valence-electron chi connectivity index (χ3n) is 2.91. The minimum Gasteiger partial charge on any atom is -0.496 e. The minimum absolute atomic E-state index is 0.499. The second-order valence-electron chi connectivity index (χ2n) is 4.94. The van der Waals surface area contributed by atoms with Crippen LogP contribution in [-0.4, -0.2) is 13.7 Å². The van der Waals surface area contributed by atoms with Crippen molar-refractivity contribution >= 4 is 0 Å². The van der Waals surface area contributed by atoms with Crippen LogP contribution in [0.25, 0.3) is 0 Å². The zero-order valence-electron chi connectivity index (χ0n) is 11.7. The van der Waals surface area contributed by atoms with Crippen molar-refractivity contribution < 1.29 is 9.47 Å². The average molecular weight is 251 g/mol. The second kappa shape index (κ2) is 8.11. The molecule has 0 radical (unpaired) electrons. The van der Waals surface area contributed by atoms with Gasteiger partial charge in [-0.2, -0.15) is 0 Å². The average Bonchev–Trinajstić information content (AvgIpc) is 2.37. The lowest BCUT2D eigenvalue weighted by molar-refractivity contribution is 0.114. The number of hydrogen-bond acceptors (Lipinski definition) is 3. The van der Waals surface area contributed by atoms with Crippen molar-refractivity contribution in [2.24, 2.45) is 11.7 Å². The van der Waals surface area contributed by atoms with Crippen molar-refractivity contribution in [3.63, 3.8) is 0 Å². The van der Waals surface area contributed by atoms with Gasteiger partial charge in [0.2, 0.25) is 0 Å². The molecule has 2 N–H and O–H groups in total. The Morgan fingerprint density at radius 2 is 2.06 bits per heavy atom. The van der Waals surface area contributed by atoms with Gasteiger partial charge in [0.05, 0.1) is 13.7 Å². The van der Waals surface area contributed by atoms with Crippen LogP contribution in [0.3, 0.4) is 0 Å². The van der Waals surface area contributed by atoms with Gasteiger partial charge in [0, 0.05) is 18.7 Å². The number of methoxy groups -OCH3 is 1.